The van der Waals surface area contributed by atoms with E-state index in [1.807, 2.05) is 6.92 Å². The predicted octanol–water partition coefficient (Wildman–Crippen LogP) is 2.78. The van der Waals surface area contributed by atoms with Gasteiger partial charge in [0.1, 0.15) is 5.76 Å². The minimum atomic E-state index is -3.29. The molecule has 0 aliphatic rings. The molecule has 1 aromatic carbocycles. The summed E-state index contributed by atoms with van der Waals surface area (Å²) in [4.78, 5) is 10.9. The van der Waals surface area contributed by atoms with E-state index in [1.165, 1.54) is 6.26 Å². The Morgan fingerprint density at radius 2 is 1.79 bits per heavy atom. The molecule has 2 aromatic rings. The summed E-state index contributed by atoms with van der Waals surface area (Å²) in [6.45, 7) is 3.63. The normalized spacial score (nSPS) is 11.5. The first-order valence-electron chi connectivity index (χ1n) is 5.69. The van der Waals surface area contributed by atoms with E-state index in [-0.39, 0.29) is 10.7 Å². The largest absolute Gasteiger partial charge is 0.453 e. The molecule has 0 aliphatic carbocycles. The summed E-state index contributed by atoms with van der Waals surface area (Å²) in [7, 11) is -3.29. The number of sulfone groups is 1. The first-order chi connectivity index (χ1) is 8.82. The van der Waals surface area contributed by atoms with Gasteiger partial charge in [-0.15, -0.1) is 0 Å². The van der Waals surface area contributed by atoms with Crippen LogP contribution in [0, 0.1) is 13.8 Å². The van der Waals surface area contributed by atoms with E-state index in [2.05, 4.69) is 0 Å². The average molecular weight is 278 g/mol. The smallest absolute Gasteiger partial charge is 0.185 e. The fourth-order valence-electron chi connectivity index (χ4n) is 2.06. The van der Waals surface area contributed by atoms with Crippen LogP contribution in [0.1, 0.15) is 21.7 Å². The maximum absolute atomic E-state index is 11.7. The number of carbonyl (C=O) groups is 1. The summed E-state index contributed by atoms with van der Waals surface area (Å²) in [5, 5.41) is 0. The van der Waals surface area contributed by atoms with Gasteiger partial charge in [-0.05, 0) is 43.2 Å². The molecule has 1 heterocycles. The molecule has 0 bridgehead atoms. The summed E-state index contributed by atoms with van der Waals surface area (Å²) >= 11 is 0. The highest BCUT2D eigenvalue weighted by atomic mass is 32.2. The van der Waals surface area contributed by atoms with Crippen molar-refractivity contribution in [2.45, 2.75) is 18.7 Å². The Morgan fingerprint density at radius 3 is 2.32 bits per heavy atom. The first kappa shape index (κ1) is 13.5. The van der Waals surface area contributed by atoms with E-state index in [0.29, 0.717) is 23.2 Å². The third-order valence-corrected chi connectivity index (χ3v) is 4.17. The van der Waals surface area contributed by atoms with Gasteiger partial charge in [-0.3, -0.25) is 4.79 Å². The minimum absolute atomic E-state index is 0.218. The van der Waals surface area contributed by atoms with Gasteiger partial charge in [0.15, 0.2) is 21.9 Å². The maximum Gasteiger partial charge on any atom is 0.185 e. The van der Waals surface area contributed by atoms with E-state index in [9.17, 15) is 13.2 Å². The lowest BCUT2D eigenvalue weighted by Gasteiger charge is -2.09. The van der Waals surface area contributed by atoms with Crippen LogP contribution in [0.4, 0.5) is 0 Å². The lowest BCUT2D eigenvalue weighted by molar-refractivity contribution is 0.110. The number of furan rings is 1. The molecular formula is C14H14O4S. The number of benzene rings is 1. The molecule has 0 saturated heterocycles. The number of hydrogen-bond donors (Lipinski definition) is 0. The Hall–Kier alpha value is -1.88. The fraction of sp³-hybridized carbons (Fsp3) is 0.214. The lowest BCUT2D eigenvalue weighted by Crippen LogP contribution is -2.01. The molecule has 0 spiro atoms. The second-order valence-electron chi connectivity index (χ2n) is 4.52. The van der Waals surface area contributed by atoms with Gasteiger partial charge in [0.25, 0.3) is 0 Å². The molecule has 0 fully saturated rings. The molecule has 5 heteroatoms. The van der Waals surface area contributed by atoms with Crippen molar-refractivity contribution in [2.24, 2.45) is 0 Å². The van der Waals surface area contributed by atoms with Gasteiger partial charge in [0, 0.05) is 11.8 Å². The van der Waals surface area contributed by atoms with E-state index < -0.39 is 9.84 Å². The third kappa shape index (κ3) is 2.61. The van der Waals surface area contributed by atoms with Crippen molar-refractivity contribution in [3.8, 4) is 11.3 Å². The molecule has 0 aliphatic heterocycles. The Morgan fingerprint density at radius 1 is 1.11 bits per heavy atom. The second-order valence-corrected chi connectivity index (χ2v) is 6.51. The molecule has 0 N–H and O–H groups in total. The molecule has 2 rings (SSSR count). The third-order valence-electron chi connectivity index (χ3n) is 2.93. The number of hydrogen-bond acceptors (Lipinski definition) is 4. The Bertz CT molecular complexity index is 739. The fourth-order valence-corrected chi connectivity index (χ4v) is 3.03. The molecule has 0 atom stereocenters. The van der Waals surface area contributed by atoms with E-state index >= 15 is 0 Å². The van der Waals surface area contributed by atoms with Gasteiger partial charge in [-0.1, -0.05) is 6.07 Å². The zero-order chi connectivity index (χ0) is 14.2. The molecule has 100 valence electrons. The van der Waals surface area contributed by atoms with Crippen molar-refractivity contribution in [3.63, 3.8) is 0 Å². The monoisotopic (exact) mass is 278 g/mol. The van der Waals surface area contributed by atoms with Crippen molar-refractivity contribution in [1.29, 1.82) is 0 Å². The van der Waals surface area contributed by atoms with Crippen LogP contribution in [0.15, 0.2) is 33.6 Å². The summed E-state index contributed by atoms with van der Waals surface area (Å²) in [5.41, 5.74) is 2.28. The number of carbonyl (C=O) groups excluding carboxylic acids is 1. The lowest BCUT2D eigenvalue weighted by atomic mass is 10.0. The molecule has 1 aromatic heterocycles. The van der Waals surface area contributed by atoms with Gasteiger partial charge in [-0.25, -0.2) is 8.42 Å². The van der Waals surface area contributed by atoms with Gasteiger partial charge >= 0.3 is 0 Å². The van der Waals surface area contributed by atoms with Crippen molar-refractivity contribution in [3.05, 3.63) is 41.2 Å². The molecule has 0 saturated carbocycles. The molecule has 4 nitrogen and oxygen atoms in total. The van der Waals surface area contributed by atoms with Gasteiger partial charge < -0.3 is 4.42 Å². The van der Waals surface area contributed by atoms with Crippen molar-refractivity contribution < 1.29 is 17.6 Å². The summed E-state index contributed by atoms with van der Waals surface area (Å²) in [6.07, 6.45) is 1.79. The molecule has 19 heavy (non-hydrogen) atoms. The van der Waals surface area contributed by atoms with Crippen LogP contribution in [0.25, 0.3) is 11.3 Å². The SMILES string of the molecule is Cc1cc(C)c(S(C)(=O)=O)cc1-c1ccc(C=O)o1. The predicted molar refractivity (Wildman–Crippen MR) is 72.1 cm³/mol. The minimum Gasteiger partial charge on any atom is -0.453 e. The van der Waals surface area contributed by atoms with Gasteiger partial charge in [-0.2, -0.15) is 0 Å². The zero-order valence-corrected chi connectivity index (χ0v) is 11.7. The van der Waals surface area contributed by atoms with Gasteiger partial charge in [0.2, 0.25) is 0 Å². The Labute approximate surface area is 112 Å². The van der Waals surface area contributed by atoms with Crippen LogP contribution in [-0.4, -0.2) is 21.0 Å². The van der Waals surface area contributed by atoms with Crippen LogP contribution < -0.4 is 0 Å². The Kier molecular flexibility index (Phi) is 3.32. The highest BCUT2D eigenvalue weighted by Gasteiger charge is 2.16. The Balaban J connectivity index is 2.67. The first-order valence-corrected chi connectivity index (χ1v) is 7.59. The van der Waals surface area contributed by atoms with Crippen LogP contribution in [0.2, 0.25) is 0 Å². The summed E-state index contributed by atoms with van der Waals surface area (Å²) in [6, 6.07) is 6.61. The molecular weight excluding hydrogens is 264 g/mol. The average Bonchev–Trinajstić information content (AvgIpc) is 2.75. The standard InChI is InChI=1S/C14H14O4S/c1-9-6-10(2)14(19(3,16)17)7-12(9)13-5-4-11(8-15)18-13/h4-8H,1-3H3. The number of rotatable bonds is 3. The van der Waals surface area contributed by atoms with E-state index in [1.54, 1.807) is 31.2 Å². The van der Waals surface area contributed by atoms with Crippen molar-refractivity contribution in [2.75, 3.05) is 6.26 Å². The van der Waals surface area contributed by atoms with Crippen molar-refractivity contribution in [1.82, 2.24) is 0 Å². The van der Waals surface area contributed by atoms with Gasteiger partial charge in [0.05, 0.1) is 4.90 Å². The van der Waals surface area contributed by atoms with E-state index in [0.717, 1.165) is 5.56 Å². The van der Waals surface area contributed by atoms with Crippen LogP contribution >= 0.6 is 0 Å². The summed E-state index contributed by atoms with van der Waals surface area (Å²) < 4.78 is 28.8. The quantitative estimate of drug-likeness (QED) is 0.810. The molecule has 0 unspecified atom stereocenters. The number of aryl methyl sites for hydroxylation is 2. The molecule has 0 amide bonds. The highest BCUT2D eigenvalue weighted by Crippen LogP contribution is 2.29. The van der Waals surface area contributed by atoms with Crippen LogP contribution in [0.5, 0.6) is 0 Å². The van der Waals surface area contributed by atoms with E-state index in [4.69, 9.17) is 4.42 Å². The van der Waals surface area contributed by atoms with Crippen LogP contribution in [0.3, 0.4) is 0 Å². The zero-order valence-electron chi connectivity index (χ0n) is 10.9. The second kappa shape index (κ2) is 4.66. The maximum atomic E-state index is 11.7. The highest BCUT2D eigenvalue weighted by molar-refractivity contribution is 7.90. The molecule has 0 radical (unpaired) electrons. The summed E-state index contributed by atoms with van der Waals surface area (Å²) in [5.74, 6) is 0.709. The topological polar surface area (TPSA) is 64.3 Å². The van der Waals surface area contributed by atoms with Crippen molar-refractivity contribution >= 4 is 16.1 Å². The van der Waals surface area contributed by atoms with Crippen LogP contribution in [-0.2, 0) is 9.84 Å². The number of aldehydes is 1.